The number of carboxylic acid groups (broad SMARTS) is 1. The first-order chi connectivity index (χ1) is 13.2. The number of anilines is 1. The number of hydrogen-bond acceptors (Lipinski definition) is 3. The molecule has 3 rings (SSSR count). The van der Waals surface area contributed by atoms with Crippen LogP contribution in [0.15, 0.2) is 30.3 Å². The second-order valence-electron chi connectivity index (χ2n) is 6.97. The molecule has 3 amide bonds. The van der Waals surface area contributed by atoms with Gasteiger partial charge in [0.15, 0.2) is 0 Å². The van der Waals surface area contributed by atoms with Gasteiger partial charge >= 0.3 is 18.2 Å². The molecule has 28 heavy (non-hydrogen) atoms. The molecule has 1 aromatic rings. The van der Waals surface area contributed by atoms with Gasteiger partial charge in [-0.15, -0.1) is 0 Å². The molecule has 0 bridgehead atoms. The molecule has 0 aliphatic carbocycles. The Balaban J connectivity index is 1.67. The third-order valence-corrected chi connectivity index (χ3v) is 5.15. The van der Waals surface area contributed by atoms with Crippen LogP contribution in [0.4, 0.5) is 23.7 Å². The molecule has 2 saturated heterocycles. The molecule has 152 valence electrons. The van der Waals surface area contributed by atoms with Crippen molar-refractivity contribution < 1.29 is 32.7 Å². The van der Waals surface area contributed by atoms with Gasteiger partial charge in [-0.25, -0.2) is 4.79 Å². The van der Waals surface area contributed by atoms with Crippen molar-refractivity contribution in [3.8, 4) is 0 Å². The predicted molar refractivity (Wildman–Crippen MR) is 92.6 cm³/mol. The van der Waals surface area contributed by atoms with E-state index in [0.29, 0.717) is 25.1 Å². The summed E-state index contributed by atoms with van der Waals surface area (Å²) in [7, 11) is 0. The third-order valence-electron chi connectivity index (χ3n) is 5.15. The number of aliphatic carboxylic acids is 1. The fourth-order valence-corrected chi connectivity index (χ4v) is 3.67. The van der Waals surface area contributed by atoms with Crippen molar-refractivity contribution in [1.82, 2.24) is 10.2 Å². The van der Waals surface area contributed by atoms with Crippen LogP contribution in [0, 0.1) is 11.8 Å². The number of halogens is 3. The summed E-state index contributed by atoms with van der Waals surface area (Å²) >= 11 is 0. The van der Waals surface area contributed by atoms with Crippen LogP contribution in [0.1, 0.15) is 12.8 Å². The van der Waals surface area contributed by atoms with Crippen molar-refractivity contribution in [1.29, 1.82) is 0 Å². The van der Waals surface area contributed by atoms with Crippen molar-refractivity contribution in [3.63, 3.8) is 0 Å². The monoisotopic (exact) mass is 399 g/mol. The highest BCUT2D eigenvalue weighted by atomic mass is 19.4. The number of carboxylic acids is 1. The molecular weight excluding hydrogens is 379 g/mol. The van der Waals surface area contributed by atoms with Gasteiger partial charge in [-0.3, -0.25) is 9.59 Å². The number of nitrogens with one attached hydrogen (secondary N) is 1. The predicted octanol–water partition coefficient (Wildman–Crippen LogP) is 2.09. The average molecular weight is 399 g/mol. The highest BCUT2D eigenvalue weighted by molar-refractivity contribution is 5.99. The zero-order chi connectivity index (χ0) is 20.5. The fraction of sp³-hybridized carbons (Fsp3) is 0.500. The Kier molecular flexibility index (Phi) is 5.48. The van der Waals surface area contributed by atoms with Gasteiger partial charge in [0.25, 0.3) is 0 Å². The number of hydrogen-bond donors (Lipinski definition) is 2. The number of nitrogens with zero attached hydrogens (tertiary/aromatic N) is 2. The van der Waals surface area contributed by atoms with Gasteiger partial charge in [0.05, 0.1) is 11.8 Å². The Hall–Kier alpha value is -2.78. The van der Waals surface area contributed by atoms with Crippen LogP contribution < -0.4 is 10.2 Å². The number of carbonyl (C=O) groups excluding carboxylic acids is 2. The molecule has 10 heteroatoms. The number of alkyl halides is 3. The first kappa shape index (κ1) is 20.0. The highest BCUT2D eigenvalue weighted by Crippen LogP contribution is 2.37. The third kappa shape index (κ3) is 4.05. The van der Waals surface area contributed by atoms with E-state index in [0.717, 1.165) is 4.90 Å². The van der Waals surface area contributed by atoms with Gasteiger partial charge in [0.1, 0.15) is 6.04 Å². The molecule has 2 fully saturated rings. The Morgan fingerprint density at radius 3 is 2.39 bits per heavy atom. The number of rotatable bonds is 3. The summed E-state index contributed by atoms with van der Waals surface area (Å²) in [5.41, 5.74) is 0.677. The maximum absolute atomic E-state index is 13.1. The van der Waals surface area contributed by atoms with Crippen molar-refractivity contribution >= 4 is 23.6 Å². The zero-order valence-corrected chi connectivity index (χ0v) is 14.9. The van der Waals surface area contributed by atoms with Gasteiger partial charge in [0, 0.05) is 25.3 Å². The van der Waals surface area contributed by atoms with Gasteiger partial charge in [-0.1, -0.05) is 18.2 Å². The maximum Gasteiger partial charge on any atom is 0.394 e. The minimum Gasteiger partial charge on any atom is -0.481 e. The molecule has 0 spiro atoms. The van der Waals surface area contributed by atoms with Crippen LogP contribution in [-0.2, 0) is 9.59 Å². The number of urea groups is 1. The Morgan fingerprint density at radius 1 is 1.14 bits per heavy atom. The molecule has 7 nitrogen and oxygen atoms in total. The number of benzene rings is 1. The summed E-state index contributed by atoms with van der Waals surface area (Å²) in [6, 6.07) is 7.15. The van der Waals surface area contributed by atoms with E-state index in [2.05, 4.69) is 5.32 Å². The number of likely N-dealkylation sites (tertiary alicyclic amines) is 1. The highest BCUT2D eigenvalue weighted by Gasteiger charge is 2.53. The summed E-state index contributed by atoms with van der Waals surface area (Å²) in [5, 5.41) is 11.5. The molecule has 1 aromatic carbocycles. The number of amides is 3. The van der Waals surface area contributed by atoms with E-state index < -0.39 is 49.1 Å². The second-order valence-corrected chi connectivity index (χ2v) is 6.97. The van der Waals surface area contributed by atoms with Crippen LogP contribution in [0.3, 0.4) is 0 Å². The van der Waals surface area contributed by atoms with E-state index in [1.165, 1.54) is 4.90 Å². The smallest absolute Gasteiger partial charge is 0.394 e. The van der Waals surface area contributed by atoms with E-state index in [1.54, 1.807) is 30.3 Å². The molecule has 3 atom stereocenters. The lowest BCUT2D eigenvalue weighted by Crippen LogP contribution is -2.55. The molecular formula is C18H20F3N3O4. The number of piperidine rings is 1. The normalized spacial score (nSPS) is 25.7. The Morgan fingerprint density at radius 2 is 1.82 bits per heavy atom. The minimum atomic E-state index is -4.72. The number of carbonyl (C=O) groups is 3. The van der Waals surface area contributed by atoms with Crippen molar-refractivity contribution in [3.05, 3.63) is 30.3 Å². The molecule has 2 heterocycles. The van der Waals surface area contributed by atoms with Crippen LogP contribution >= 0.6 is 0 Å². The number of para-hydroxylation sites is 1. The minimum absolute atomic E-state index is 0.341. The lowest BCUT2D eigenvalue weighted by atomic mass is 9.96. The quantitative estimate of drug-likeness (QED) is 0.815. The maximum atomic E-state index is 13.1. The van der Waals surface area contributed by atoms with Crippen LogP contribution in [0.5, 0.6) is 0 Å². The lowest BCUT2D eigenvalue weighted by Gasteiger charge is -2.33. The van der Waals surface area contributed by atoms with E-state index in [4.69, 9.17) is 5.11 Å². The molecule has 0 radical (unpaired) electrons. The molecule has 2 N–H and O–H groups in total. The van der Waals surface area contributed by atoms with E-state index in [1.807, 2.05) is 0 Å². The standard InChI is InChI=1S/C18H20F3N3O4/c19-18(20,21)13-10-23(9-12(13)16(26)27)17(28)22-14-7-4-8-24(15(14)25)11-5-2-1-3-6-11/h1-3,5-6,12-14H,4,7-10H2,(H,22,28)(H,26,27)/t12-,13-,14?/m1/s1. The SMILES string of the molecule is O=C(O)[C@@H]1CN(C(=O)NC2CCCN(c3ccccc3)C2=O)C[C@H]1C(F)(F)F. The zero-order valence-electron chi connectivity index (χ0n) is 14.9. The molecule has 0 saturated carbocycles. The Bertz CT molecular complexity index is 756. The summed E-state index contributed by atoms with van der Waals surface area (Å²) in [4.78, 5) is 38.6. The van der Waals surface area contributed by atoms with Gasteiger partial charge < -0.3 is 20.2 Å². The second kappa shape index (κ2) is 7.69. The molecule has 2 aliphatic heterocycles. The summed E-state index contributed by atoms with van der Waals surface area (Å²) in [6.45, 7) is -0.805. The van der Waals surface area contributed by atoms with Crippen LogP contribution in [0.2, 0.25) is 0 Å². The molecule has 1 unspecified atom stereocenters. The summed E-state index contributed by atoms with van der Waals surface area (Å²) in [6.07, 6.45) is -3.73. The van der Waals surface area contributed by atoms with Crippen LogP contribution in [0.25, 0.3) is 0 Å². The van der Waals surface area contributed by atoms with E-state index >= 15 is 0 Å². The van der Waals surface area contributed by atoms with Crippen molar-refractivity contribution in [2.75, 3.05) is 24.5 Å². The van der Waals surface area contributed by atoms with E-state index in [-0.39, 0.29) is 5.91 Å². The lowest BCUT2D eigenvalue weighted by molar-refractivity contribution is -0.187. The van der Waals surface area contributed by atoms with Gasteiger partial charge in [-0.2, -0.15) is 13.2 Å². The first-order valence-electron chi connectivity index (χ1n) is 8.90. The fourth-order valence-electron chi connectivity index (χ4n) is 3.67. The van der Waals surface area contributed by atoms with Crippen molar-refractivity contribution in [2.24, 2.45) is 11.8 Å². The first-order valence-corrected chi connectivity index (χ1v) is 8.90. The molecule has 2 aliphatic rings. The van der Waals surface area contributed by atoms with Gasteiger partial charge in [-0.05, 0) is 25.0 Å². The largest absolute Gasteiger partial charge is 0.481 e. The topological polar surface area (TPSA) is 89.9 Å². The summed E-state index contributed by atoms with van der Waals surface area (Å²) < 4.78 is 39.3. The Labute approximate surface area is 159 Å². The van der Waals surface area contributed by atoms with E-state index in [9.17, 15) is 27.6 Å². The van der Waals surface area contributed by atoms with Crippen molar-refractivity contribution in [2.45, 2.75) is 25.1 Å². The molecule has 0 aromatic heterocycles. The van der Waals surface area contributed by atoms with Gasteiger partial charge in [0.2, 0.25) is 5.91 Å². The summed E-state index contributed by atoms with van der Waals surface area (Å²) in [5.74, 6) is -5.78. The van der Waals surface area contributed by atoms with Crippen LogP contribution in [-0.4, -0.2) is 59.8 Å². The average Bonchev–Trinajstić information content (AvgIpc) is 3.10.